The van der Waals surface area contributed by atoms with Gasteiger partial charge in [-0.2, -0.15) is 0 Å². The number of halogens is 1. The molecule has 0 radical (unpaired) electrons. The summed E-state index contributed by atoms with van der Waals surface area (Å²) in [7, 11) is 0. The lowest BCUT2D eigenvalue weighted by Gasteiger charge is -2.12. The highest BCUT2D eigenvalue weighted by Gasteiger charge is 2.30. The minimum Gasteiger partial charge on any atom is -0.299 e. The van der Waals surface area contributed by atoms with Gasteiger partial charge >= 0.3 is 0 Å². The van der Waals surface area contributed by atoms with Gasteiger partial charge in [-0.1, -0.05) is 6.92 Å². The Hall–Kier alpha value is -0.700. The molecule has 0 N–H and O–H groups in total. The summed E-state index contributed by atoms with van der Waals surface area (Å²) in [5.74, 6) is 1.12. The third-order valence-electron chi connectivity index (χ3n) is 3.24. The molecule has 15 heavy (non-hydrogen) atoms. The molecule has 2 unspecified atom stereocenters. The van der Waals surface area contributed by atoms with Crippen molar-refractivity contribution in [2.45, 2.75) is 26.2 Å². The van der Waals surface area contributed by atoms with Crippen molar-refractivity contribution in [3.8, 4) is 0 Å². The van der Waals surface area contributed by atoms with Crippen LogP contribution in [0.3, 0.4) is 0 Å². The predicted octanol–water partition coefficient (Wildman–Crippen LogP) is 3.00. The predicted molar refractivity (Wildman–Crippen MR) is 62.5 cm³/mol. The molecule has 0 amide bonds. The zero-order valence-corrected chi connectivity index (χ0v) is 10.3. The normalized spacial score (nSPS) is 25.9. The first-order chi connectivity index (χ1) is 7.16. The lowest BCUT2D eigenvalue weighted by molar-refractivity contribution is -0.120. The standard InChI is InChI=1S/C12H14BrNO/c1-8-9(2-5-12(8)15)6-11-4-3-10(13)7-14-11/h3-4,7-9H,2,5-6H2,1H3. The van der Waals surface area contributed by atoms with Crippen LogP contribution in [0.1, 0.15) is 25.5 Å². The molecule has 1 saturated carbocycles. The van der Waals surface area contributed by atoms with Crippen LogP contribution in [0.15, 0.2) is 22.8 Å². The average molecular weight is 268 g/mol. The van der Waals surface area contributed by atoms with E-state index in [4.69, 9.17) is 0 Å². The number of Topliss-reactive ketones (excluding diaryl/α,β-unsaturated/α-hetero) is 1. The lowest BCUT2D eigenvalue weighted by atomic mass is 9.93. The van der Waals surface area contributed by atoms with Gasteiger partial charge in [0.2, 0.25) is 0 Å². The van der Waals surface area contributed by atoms with Gasteiger partial charge in [0.15, 0.2) is 0 Å². The molecule has 0 bridgehead atoms. The number of carbonyl (C=O) groups excluding carboxylic acids is 1. The van der Waals surface area contributed by atoms with Gasteiger partial charge in [-0.15, -0.1) is 0 Å². The Kier molecular flexibility index (Phi) is 3.19. The van der Waals surface area contributed by atoms with Crippen LogP contribution in [0.5, 0.6) is 0 Å². The molecule has 1 heterocycles. The summed E-state index contributed by atoms with van der Waals surface area (Å²) in [6.45, 7) is 2.04. The second kappa shape index (κ2) is 4.44. The van der Waals surface area contributed by atoms with Crippen LogP contribution in [-0.4, -0.2) is 10.8 Å². The lowest BCUT2D eigenvalue weighted by Crippen LogP contribution is -2.13. The number of hydrogen-bond donors (Lipinski definition) is 0. The molecule has 1 aliphatic carbocycles. The van der Waals surface area contributed by atoms with E-state index in [1.165, 1.54) is 0 Å². The van der Waals surface area contributed by atoms with Crippen molar-refractivity contribution in [2.75, 3.05) is 0 Å². The van der Waals surface area contributed by atoms with Crippen LogP contribution in [-0.2, 0) is 11.2 Å². The fourth-order valence-corrected chi connectivity index (χ4v) is 2.38. The number of hydrogen-bond acceptors (Lipinski definition) is 2. The SMILES string of the molecule is CC1C(=O)CCC1Cc1ccc(Br)cn1. The van der Waals surface area contributed by atoms with Crippen molar-refractivity contribution < 1.29 is 4.79 Å². The Morgan fingerprint density at radius 3 is 2.87 bits per heavy atom. The fourth-order valence-electron chi connectivity index (χ4n) is 2.14. The van der Waals surface area contributed by atoms with E-state index in [0.29, 0.717) is 11.7 Å². The Morgan fingerprint density at radius 2 is 2.33 bits per heavy atom. The molecule has 2 nitrogen and oxygen atoms in total. The van der Waals surface area contributed by atoms with Gasteiger partial charge in [0.1, 0.15) is 5.78 Å². The Balaban J connectivity index is 2.03. The maximum Gasteiger partial charge on any atom is 0.136 e. The molecule has 1 fully saturated rings. The molecule has 80 valence electrons. The van der Waals surface area contributed by atoms with Crippen LogP contribution in [0, 0.1) is 11.8 Å². The molecule has 3 heteroatoms. The topological polar surface area (TPSA) is 30.0 Å². The average Bonchev–Trinajstić information content (AvgIpc) is 2.53. The fraction of sp³-hybridized carbons (Fsp3) is 0.500. The number of nitrogens with zero attached hydrogens (tertiary/aromatic N) is 1. The minimum absolute atomic E-state index is 0.218. The van der Waals surface area contributed by atoms with Crippen molar-refractivity contribution in [1.29, 1.82) is 0 Å². The number of carbonyl (C=O) groups is 1. The largest absolute Gasteiger partial charge is 0.299 e. The monoisotopic (exact) mass is 267 g/mol. The zero-order valence-electron chi connectivity index (χ0n) is 8.74. The summed E-state index contributed by atoms with van der Waals surface area (Å²) in [5.41, 5.74) is 1.09. The van der Waals surface area contributed by atoms with Crippen LogP contribution in [0.2, 0.25) is 0 Å². The van der Waals surface area contributed by atoms with Crippen molar-refractivity contribution in [3.63, 3.8) is 0 Å². The van der Waals surface area contributed by atoms with Crippen LogP contribution < -0.4 is 0 Å². The van der Waals surface area contributed by atoms with E-state index < -0.39 is 0 Å². The maximum atomic E-state index is 11.4. The van der Waals surface area contributed by atoms with Gasteiger partial charge in [-0.25, -0.2) is 0 Å². The third kappa shape index (κ3) is 2.46. The molecule has 0 aromatic carbocycles. The Morgan fingerprint density at radius 1 is 1.53 bits per heavy atom. The molecular weight excluding hydrogens is 254 g/mol. The first-order valence-electron chi connectivity index (χ1n) is 5.30. The molecule has 0 aliphatic heterocycles. The number of aromatic nitrogens is 1. The van der Waals surface area contributed by atoms with Gasteiger partial charge in [0.25, 0.3) is 0 Å². The number of ketones is 1. The summed E-state index contributed by atoms with van der Waals surface area (Å²) in [4.78, 5) is 15.7. The summed E-state index contributed by atoms with van der Waals surface area (Å²) in [6, 6.07) is 4.03. The van der Waals surface area contributed by atoms with Crippen LogP contribution in [0.25, 0.3) is 0 Å². The first kappa shape index (κ1) is 10.8. The van der Waals surface area contributed by atoms with E-state index in [1.807, 2.05) is 25.3 Å². The molecular formula is C12H14BrNO. The first-order valence-corrected chi connectivity index (χ1v) is 6.09. The smallest absolute Gasteiger partial charge is 0.136 e. The molecule has 1 aromatic heterocycles. The Labute approximate surface area is 98.2 Å². The van der Waals surface area contributed by atoms with Gasteiger partial charge < -0.3 is 0 Å². The highest BCUT2D eigenvalue weighted by Crippen LogP contribution is 2.30. The quantitative estimate of drug-likeness (QED) is 0.825. The molecule has 2 atom stereocenters. The summed E-state index contributed by atoms with van der Waals surface area (Å²) in [6.07, 6.45) is 4.52. The molecule has 1 aliphatic rings. The van der Waals surface area contributed by atoms with Gasteiger partial charge in [-0.05, 0) is 46.8 Å². The second-order valence-corrected chi connectivity index (χ2v) is 5.14. The van der Waals surface area contributed by atoms with E-state index in [1.54, 1.807) is 0 Å². The Bertz CT molecular complexity index is 360. The summed E-state index contributed by atoms with van der Waals surface area (Å²) >= 11 is 3.36. The summed E-state index contributed by atoms with van der Waals surface area (Å²) in [5, 5.41) is 0. The van der Waals surface area contributed by atoms with Crippen molar-refractivity contribution >= 4 is 21.7 Å². The highest BCUT2D eigenvalue weighted by molar-refractivity contribution is 9.10. The van der Waals surface area contributed by atoms with Crippen LogP contribution in [0.4, 0.5) is 0 Å². The molecule has 0 saturated heterocycles. The minimum atomic E-state index is 0.218. The van der Waals surface area contributed by atoms with E-state index >= 15 is 0 Å². The van der Waals surface area contributed by atoms with E-state index in [9.17, 15) is 4.79 Å². The number of pyridine rings is 1. The zero-order chi connectivity index (χ0) is 10.8. The second-order valence-electron chi connectivity index (χ2n) is 4.23. The van der Waals surface area contributed by atoms with Crippen molar-refractivity contribution in [2.24, 2.45) is 11.8 Å². The summed E-state index contributed by atoms with van der Waals surface area (Å²) < 4.78 is 1.00. The van der Waals surface area contributed by atoms with E-state index in [2.05, 4.69) is 20.9 Å². The van der Waals surface area contributed by atoms with Crippen LogP contribution >= 0.6 is 15.9 Å². The molecule has 2 rings (SSSR count). The molecule has 0 spiro atoms. The molecule has 1 aromatic rings. The maximum absolute atomic E-state index is 11.4. The highest BCUT2D eigenvalue weighted by atomic mass is 79.9. The van der Waals surface area contributed by atoms with Crippen molar-refractivity contribution in [1.82, 2.24) is 4.98 Å². The van der Waals surface area contributed by atoms with E-state index in [-0.39, 0.29) is 5.92 Å². The van der Waals surface area contributed by atoms with Gasteiger partial charge in [0, 0.05) is 28.7 Å². The van der Waals surface area contributed by atoms with Crippen molar-refractivity contribution in [3.05, 3.63) is 28.5 Å². The number of rotatable bonds is 2. The third-order valence-corrected chi connectivity index (χ3v) is 3.71. The van der Waals surface area contributed by atoms with Gasteiger partial charge in [-0.3, -0.25) is 9.78 Å². The van der Waals surface area contributed by atoms with Gasteiger partial charge in [0.05, 0.1) is 0 Å². The van der Waals surface area contributed by atoms with E-state index in [0.717, 1.165) is 29.4 Å².